The number of carboxylic acids is 1. The van der Waals surface area contributed by atoms with E-state index in [1.54, 1.807) is 12.1 Å². The molecule has 2 aromatic carbocycles. The fourth-order valence-electron chi connectivity index (χ4n) is 9.66. The summed E-state index contributed by atoms with van der Waals surface area (Å²) in [5.74, 6) is 0.800. The van der Waals surface area contributed by atoms with Crippen molar-refractivity contribution in [3.8, 4) is 5.75 Å². The van der Waals surface area contributed by atoms with E-state index in [4.69, 9.17) is 22.1 Å². The first kappa shape index (κ1) is 41.4. The first-order chi connectivity index (χ1) is 24.8. The monoisotopic (exact) mass is 776 g/mol. The zero-order chi connectivity index (χ0) is 38.9. The molecule has 4 bridgehead atoms. The Bertz CT molecular complexity index is 1710. The van der Waals surface area contributed by atoms with E-state index in [1.165, 1.54) is 32.4 Å². The summed E-state index contributed by atoms with van der Waals surface area (Å²) in [5.41, 5.74) is 7.43. The number of carbonyl (C=O) groups is 2. The summed E-state index contributed by atoms with van der Waals surface area (Å²) in [6.45, 7) is 7.90. The van der Waals surface area contributed by atoms with Gasteiger partial charge in [-0.15, -0.1) is 0 Å². The lowest BCUT2D eigenvalue weighted by molar-refractivity contribution is -0.142. The first-order valence-electron chi connectivity index (χ1n) is 18.8. The maximum atomic E-state index is 15.4. The number of likely N-dealkylation sites (N-methyl/N-ethyl adjacent to an activating group) is 1. The molecule has 1 aliphatic heterocycles. The van der Waals surface area contributed by atoms with E-state index < -0.39 is 27.9 Å². The summed E-state index contributed by atoms with van der Waals surface area (Å²) in [7, 11) is 1.77. The van der Waals surface area contributed by atoms with Gasteiger partial charge >= 0.3 is 5.97 Å². The molecular formula is C40H58ClFN4O6S. The molecule has 2 aromatic rings. The Hall–Kier alpha value is -2.77. The zero-order valence-corrected chi connectivity index (χ0v) is 33.7. The highest BCUT2D eigenvalue weighted by Gasteiger charge is 2.53. The van der Waals surface area contributed by atoms with Gasteiger partial charge in [0, 0.05) is 48.2 Å². The van der Waals surface area contributed by atoms with Crippen LogP contribution in [-0.2, 0) is 39.2 Å². The van der Waals surface area contributed by atoms with Crippen LogP contribution in [0.2, 0.25) is 5.02 Å². The largest absolute Gasteiger partial charge is 0.494 e. The van der Waals surface area contributed by atoms with Crippen LogP contribution in [0.15, 0.2) is 36.4 Å². The van der Waals surface area contributed by atoms with Gasteiger partial charge in [0.1, 0.15) is 6.04 Å². The molecule has 53 heavy (non-hydrogen) atoms. The second kappa shape index (κ2) is 16.5. The number of ether oxygens (including phenoxy) is 1. The van der Waals surface area contributed by atoms with E-state index >= 15 is 4.39 Å². The third-order valence-electron chi connectivity index (χ3n) is 11.6. The van der Waals surface area contributed by atoms with Crippen LogP contribution in [0.4, 0.5) is 4.39 Å². The summed E-state index contributed by atoms with van der Waals surface area (Å²) in [4.78, 5) is 27.5. The minimum Gasteiger partial charge on any atom is -0.494 e. The quantitative estimate of drug-likeness (QED) is 0.235. The number of aliphatic carboxylic acids is 1. The van der Waals surface area contributed by atoms with E-state index in [0.717, 1.165) is 59.9 Å². The Morgan fingerprint density at radius 3 is 2.19 bits per heavy atom. The van der Waals surface area contributed by atoms with Crippen LogP contribution < -0.4 is 10.5 Å². The van der Waals surface area contributed by atoms with Crippen molar-refractivity contribution in [3.05, 3.63) is 63.9 Å². The van der Waals surface area contributed by atoms with Crippen molar-refractivity contribution in [3.63, 3.8) is 0 Å². The van der Waals surface area contributed by atoms with Crippen LogP contribution in [0.5, 0.6) is 5.75 Å². The number of carboxylic acid groups (broad SMARTS) is 1. The van der Waals surface area contributed by atoms with Gasteiger partial charge in [0.25, 0.3) is 0 Å². The Morgan fingerprint density at radius 2 is 1.66 bits per heavy atom. The summed E-state index contributed by atoms with van der Waals surface area (Å²) in [5, 5.41) is 9.86. The third-order valence-corrected chi connectivity index (χ3v) is 13.8. The number of benzene rings is 2. The predicted molar refractivity (Wildman–Crippen MR) is 205 cm³/mol. The van der Waals surface area contributed by atoms with Gasteiger partial charge in [-0.05, 0) is 112 Å². The van der Waals surface area contributed by atoms with E-state index in [2.05, 4.69) is 30.6 Å². The van der Waals surface area contributed by atoms with Crippen molar-refractivity contribution in [2.45, 2.75) is 104 Å². The van der Waals surface area contributed by atoms with Gasteiger partial charge < -0.3 is 20.5 Å². The van der Waals surface area contributed by atoms with Gasteiger partial charge in [0.15, 0.2) is 11.6 Å². The summed E-state index contributed by atoms with van der Waals surface area (Å²) in [6, 6.07) is 9.59. The van der Waals surface area contributed by atoms with Crippen LogP contribution in [0, 0.1) is 34.4 Å². The second-order valence-corrected chi connectivity index (χ2v) is 20.0. The third kappa shape index (κ3) is 10.1. The molecule has 1 heterocycles. The molecule has 4 saturated carbocycles. The van der Waals surface area contributed by atoms with E-state index in [0.29, 0.717) is 22.7 Å². The zero-order valence-electron chi connectivity index (χ0n) is 32.1. The Labute approximate surface area is 320 Å². The maximum absolute atomic E-state index is 15.4. The van der Waals surface area contributed by atoms with Gasteiger partial charge in [0.05, 0.1) is 12.9 Å². The highest BCUT2D eigenvalue weighted by molar-refractivity contribution is 7.89. The number of sulfonamides is 1. The van der Waals surface area contributed by atoms with Gasteiger partial charge in [-0.2, -0.15) is 4.31 Å². The highest BCUT2D eigenvalue weighted by Crippen LogP contribution is 2.59. The summed E-state index contributed by atoms with van der Waals surface area (Å²) < 4.78 is 46.9. The number of hydrogen-bond donors (Lipinski definition) is 2. The van der Waals surface area contributed by atoms with E-state index in [-0.39, 0.29) is 53.8 Å². The molecule has 0 spiro atoms. The first-order valence-corrected chi connectivity index (χ1v) is 20.8. The molecule has 0 radical (unpaired) electrons. The molecule has 1 saturated heterocycles. The van der Waals surface area contributed by atoms with Crippen LogP contribution in [0.1, 0.15) is 88.8 Å². The van der Waals surface area contributed by atoms with E-state index in [9.17, 15) is 23.1 Å². The molecule has 1 unspecified atom stereocenters. The molecule has 10 nitrogen and oxygen atoms in total. The highest BCUT2D eigenvalue weighted by atomic mass is 35.5. The fourth-order valence-corrected chi connectivity index (χ4v) is 11.5. The molecule has 4 aliphatic carbocycles. The Kier molecular flexibility index (Phi) is 12.9. The maximum Gasteiger partial charge on any atom is 0.322 e. The second-order valence-electron chi connectivity index (χ2n) is 17.5. The molecule has 1 amide bonds. The van der Waals surface area contributed by atoms with Gasteiger partial charge in [-0.25, -0.2) is 12.8 Å². The van der Waals surface area contributed by atoms with Crippen LogP contribution in [0.25, 0.3) is 0 Å². The number of nitrogens with zero attached hydrogens (tertiary/aromatic N) is 3. The fraction of sp³-hybridized carbons (Fsp3) is 0.650. The molecule has 5 fully saturated rings. The number of hydrogen-bond acceptors (Lipinski definition) is 7. The molecule has 5 aliphatic rings. The number of carbonyl (C=O) groups excluding carboxylic acids is 1. The van der Waals surface area contributed by atoms with E-state index in [1.807, 2.05) is 32.3 Å². The van der Waals surface area contributed by atoms with Crippen molar-refractivity contribution < 1.29 is 32.2 Å². The average molecular weight is 777 g/mol. The van der Waals surface area contributed by atoms with Crippen molar-refractivity contribution in [1.82, 2.24) is 14.1 Å². The predicted octanol–water partition coefficient (Wildman–Crippen LogP) is 6.53. The van der Waals surface area contributed by atoms with Crippen LogP contribution in [0.3, 0.4) is 0 Å². The minimum absolute atomic E-state index is 0.00650. The minimum atomic E-state index is -3.65. The standard InChI is InChI=1S/C29H41ClFN3O5S.C11H17NO/c1-29(2,3)15-22(18-32(4)5)33(19-23-24(30)10-11-26(39-6)27(23)31)16-20-8-7-9-21(14-20)17-34-25(28(35)36)12-13-40(34,37)38;12-10(13)11-4-7-1-8(5-11)3-9(2-7)6-11/h7-11,14,22,25H,12-13,15-19H2,1-6H3,(H,35,36);7-9H,1-6H2,(H2,12,13)/t22-,25?;/m0./s1. The smallest absolute Gasteiger partial charge is 0.322 e. The van der Waals surface area contributed by atoms with Crippen molar-refractivity contribution in [2.75, 3.05) is 33.5 Å². The van der Waals surface area contributed by atoms with Crippen molar-refractivity contribution in [2.24, 2.45) is 34.3 Å². The summed E-state index contributed by atoms with van der Waals surface area (Å²) >= 11 is 6.49. The number of primary amides is 1. The van der Waals surface area contributed by atoms with Gasteiger partial charge in [0.2, 0.25) is 15.9 Å². The molecular weight excluding hydrogens is 719 g/mol. The van der Waals surface area contributed by atoms with Crippen molar-refractivity contribution >= 4 is 33.5 Å². The number of amides is 1. The number of halogens is 2. The molecule has 13 heteroatoms. The van der Waals surface area contributed by atoms with Gasteiger partial charge in [-0.3, -0.25) is 14.5 Å². The topological polar surface area (TPSA) is 133 Å². The number of rotatable bonds is 13. The average Bonchev–Trinajstić information content (AvgIpc) is 3.34. The molecule has 3 N–H and O–H groups in total. The number of methoxy groups -OCH3 is 1. The van der Waals surface area contributed by atoms with Gasteiger partial charge in [-0.1, -0.05) is 56.6 Å². The molecule has 0 aromatic heterocycles. The summed E-state index contributed by atoms with van der Waals surface area (Å²) in [6.07, 6.45) is 8.36. The normalized spacial score (nSPS) is 26.8. The Balaban J connectivity index is 0.000000343. The lowest BCUT2D eigenvalue weighted by atomic mass is 9.49. The molecule has 294 valence electrons. The number of nitrogens with two attached hydrogens (primary N) is 1. The Morgan fingerprint density at radius 1 is 1.06 bits per heavy atom. The van der Waals surface area contributed by atoms with Crippen molar-refractivity contribution in [1.29, 1.82) is 0 Å². The van der Waals surface area contributed by atoms with Crippen LogP contribution >= 0.6 is 11.6 Å². The molecule has 2 atom stereocenters. The lowest BCUT2D eigenvalue weighted by Crippen LogP contribution is -2.52. The lowest BCUT2D eigenvalue weighted by Gasteiger charge is -2.55. The molecule has 7 rings (SSSR count). The van der Waals surface area contributed by atoms with Crippen LogP contribution in [-0.4, -0.2) is 85.1 Å². The SMILES string of the molecule is COc1ccc(Cl)c(CN(Cc2cccc(CN3C(C(=O)O)CCS3(=O)=O)c2)[C@H](CN(C)C)CC(C)(C)C)c1F.NC(=O)C12CC3CC(CC(C3)C1)C2.